The molecule has 2 atom stereocenters. The lowest BCUT2D eigenvalue weighted by Crippen LogP contribution is -2.41. The predicted molar refractivity (Wildman–Crippen MR) is 139 cm³/mol. The number of carbonyl (C=O) groups excluding carboxylic acids is 1. The van der Waals surface area contributed by atoms with Crippen molar-refractivity contribution in [3.8, 4) is 17.2 Å². The van der Waals surface area contributed by atoms with Gasteiger partial charge in [-0.25, -0.2) is 18.5 Å². The molecule has 2 unspecified atom stereocenters. The van der Waals surface area contributed by atoms with Gasteiger partial charge in [-0.1, -0.05) is 0 Å². The Balaban J connectivity index is 1.47. The molecule has 1 saturated heterocycles. The lowest BCUT2D eigenvalue weighted by Gasteiger charge is -2.28. The number of benzene rings is 2. The fourth-order valence-electron chi connectivity index (χ4n) is 4.01. The van der Waals surface area contributed by atoms with Gasteiger partial charge in [0, 0.05) is 24.2 Å². The van der Waals surface area contributed by atoms with Crippen LogP contribution in [0, 0.1) is 0 Å². The summed E-state index contributed by atoms with van der Waals surface area (Å²) >= 11 is 0. The zero-order valence-electron chi connectivity index (χ0n) is 21.0. The summed E-state index contributed by atoms with van der Waals surface area (Å²) in [5, 5.41) is 6.95. The van der Waals surface area contributed by atoms with E-state index in [2.05, 4.69) is 9.35 Å². The Bertz CT molecular complexity index is 1360. The standard InChI is InChI=1S/C26H32N4O5S/c1-26(2,3)35-25(31)30-15-5-6-18(30)17-29-36(27,32)21-10-7-19(8-11-21)34-24-13-14-28-23-16-20(33-4)9-12-22(23)24/h7-14,16,18H,5-6,15,17H2,1-4H3,(H2,27,29,32). The van der Waals surface area contributed by atoms with E-state index in [1.807, 2.05) is 39.0 Å². The van der Waals surface area contributed by atoms with Crippen LogP contribution < -0.4 is 14.6 Å². The number of fused-ring (bicyclic) bond motifs is 1. The molecular formula is C26H32N4O5S. The van der Waals surface area contributed by atoms with Crippen molar-refractivity contribution in [1.29, 1.82) is 0 Å². The molecule has 3 aromatic rings. The molecule has 0 aliphatic carbocycles. The normalized spacial score (nSPS) is 17.5. The molecule has 2 heterocycles. The molecule has 2 N–H and O–H groups in total. The van der Waals surface area contributed by atoms with Gasteiger partial charge in [0.1, 0.15) is 32.8 Å². The van der Waals surface area contributed by atoms with Crippen molar-refractivity contribution in [3.63, 3.8) is 0 Å². The van der Waals surface area contributed by atoms with E-state index >= 15 is 0 Å². The molecule has 1 aliphatic rings. The van der Waals surface area contributed by atoms with Crippen LogP contribution in [0.1, 0.15) is 33.6 Å². The average molecular weight is 513 g/mol. The summed E-state index contributed by atoms with van der Waals surface area (Å²) < 4.78 is 34.3. The molecule has 1 aromatic heterocycles. The van der Waals surface area contributed by atoms with E-state index in [4.69, 9.17) is 19.3 Å². The maximum absolute atomic E-state index is 13.2. The summed E-state index contributed by atoms with van der Waals surface area (Å²) in [6.45, 7) is 6.25. The second kappa shape index (κ2) is 10.3. The number of carbonyl (C=O) groups is 1. The van der Waals surface area contributed by atoms with Crippen LogP contribution in [0.4, 0.5) is 4.79 Å². The van der Waals surface area contributed by atoms with Crippen molar-refractivity contribution in [2.75, 3.05) is 20.2 Å². The molecule has 9 nitrogen and oxygen atoms in total. The lowest BCUT2D eigenvalue weighted by molar-refractivity contribution is 0.0232. The van der Waals surface area contributed by atoms with Gasteiger partial charge in [0.2, 0.25) is 0 Å². The Labute approximate surface area is 211 Å². The van der Waals surface area contributed by atoms with E-state index < -0.39 is 15.5 Å². The summed E-state index contributed by atoms with van der Waals surface area (Å²) in [7, 11) is -1.54. The molecule has 2 aromatic carbocycles. The summed E-state index contributed by atoms with van der Waals surface area (Å²) in [4.78, 5) is 18.9. The minimum atomic E-state index is -3.15. The minimum Gasteiger partial charge on any atom is -0.497 e. The second-order valence-electron chi connectivity index (χ2n) is 9.62. The van der Waals surface area contributed by atoms with Crippen molar-refractivity contribution in [3.05, 3.63) is 54.7 Å². The number of hydrogen-bond donors (Lipinski definition) is 1. The molecule has 4 rings (SSSR count). The first-order chi connectivity index (χ1) is 17.1. The third kappa shape index (κ3) is 6.06. The third-order valence-corrected chi connectivity index (χ3v) is 7.26. The Kier molecular flexibility index (Phi) is 7.37. The summed E-state index contributed by atoms with van der Waals surface area (Å²) in [5.74, 6) is 1.91. The number of pyridine rings is 1. The highest BCUT2D eigenvalue weighted by Crippen LogP contribution is 2.31. The van der Waals surface area contributed by atoms with Crippen LogP contribution in [0.3, 0.4) is 0 Å². The van der Waals surface area contributed by atoms with E-state index in [0.29, 0.717) is 28.7 Å². The number of nitrogens with zero attached hydrogens (tertiary/aromatic N) is 3. The van der Waals surface area contributed by atoms with Crippen molar-refractivity contribution in [1.82, 2.24) is 9.88 Å². The first-order valence-corrected chi connectivity index (χ1v) is 13.3. The van der Waals surface area contributed by atoms with E-state index in [1.54, 1.807) is 48.5 Å². The summed E-state index contributed by atoms with van der Waals surface area (Å²) in [6.07, 6.45) is 2.89. The predicted octanol–water partition coefficient (Wildman–Crippen LogP) is 5.14. The van der Waals surface area contributed by atoms with Crippen molar-refractivity contribution >= 4 is 26.9 Å². The maximum Gasteiger partial charge on any atom is 0.410 e. The van der Waals surface area contributed by atoms with Crippen LogP contribution >= 0.6 is 0 Å². The Hall–Kier alpha value is -3.37. The number of ether oxygens (including phenoxy) is 3. The third-order valence-electron chi connectivity index (χ3n) is 5.78. The van der Waals surface area contributed by atoms with Crippen LogP contribution in [0.5, 0.6) is 17.2 Å². The first kappa shape index (κ1) is 25.7. The SMILES string of the molecule is COc1ccc2c(Oc3ccc(S(N)(=O)=NCC4CCCN4C(=O)OC(C)(C)C)cc3)ccnc2c1. The molecular weight excluding hydrogens is 480 g/mol. The van der Waals surface area contributed by atoms with Crippen LogP contribution in [0.2, 0.25) is 0 Å². The molecule has 1 fully saturated rings. The topological polar surface area (TPSA) is 116 Å². The molecule has 192 valence electrons. The molecule has 0 radical (unpaired) electrons. The fraction of sp³-hybridized carbons (Fsp3) is 0.385. The number of likely N-dealkylation sites (tertiary alicyclic amines) is 1. The van der Waals surface area contributed by atoms with Crippen molar-refractivity contribution in [2.45, 2.75) is 50.2 Å². The number of amides is 1. The monoisotopic (exact) mass is 512 g/mol. The van der Waals surface area contributed by atoms with Crippen molar-refractivity contribution < 1.29 is 23.2 Å². The first-order valence-electron chi connectivity index (χ1n) is 11.8. The van der Waals surface area contributed by atoms with Gasteiger partial charge in [0.15, 0.2) is 0 Å². The maximum atomic E-state index is 13.2. The number of methoxy groups -OCH3 is 1. The zero-order chi connectivity index (χ0) is 25.9. The van der Waals surface area contributed by atoms with Crippen molar-refractivity contribution in [2.24, 2.45) is 9.50 Å². The molecule has 1 aliphatic heterocycles. The summed E-state index contributed by atoms with van der Waals surface area (Å²) in [5.41, 5.74) is 0.168. The second-order valence-corrected chi connectivity index (χ2v) is 11.5. The Morgan fingerprint density at radius 3 is 2.58 bits per heavy atom. The van der Waals surface area contributed by atoms with E-state index in [1.165, 1.54) is 0 Å². The average Bonchev–Trinajstić information content (AvgIpc) is 3.31. The molecule has 0 bridgehead atoms. The minimum absolute atomic E-state index is 0.180. The van der Waals surface area contributed by atoms with Gasteiger partial charge in [-0.15, -0.1) is 0 Å². The molecule has 1 amide bonds. The molecule has 0 saturated carbocycles. The molecule has 0 spiro atoms. The van der Waals surface area contributed by atoms with Crippen LogP contribution in [0.15, 0.2) is 64.0 Å². The highest BCUT2D eigenvalue weighted by Gasteiger charge is 2.32. The van der Waals surface area contributed by atoms with Crippen LogP contribution in [0.25, 0.3) is 10.9 Å². The van der Waals surface area contributed by atoms with Gasteiger partial charge in [0.25, 0.3) is 0 Å². The molecule has 36 heavy (non-hydrogen) atoms. The Morgan fingerprint density at radius 2 is 1.89 bits per heavy atom. The van der Waals surface area contributed by atoms with Gasteiger partial charge in [-0.2, -0.15) is 0 Å². The number of aromatic nitrogens is 1. The number of hydrogen-bond acceptors (Lipinski definition) is 7. The van der Waals surface area contributed by atoms with E-state index in [0.717, 1.165) is 23.7 Å². The van der Waals surface area contributed by atoms with Gasteiger partial charge in [-0.05, 0) is 76.1 Å². The fourth-order valence-corrected chi connectivity index (χ4v) is 5.07. The zero-order valence-corrected chi connectivity index (χ0v) is 21.8. The van der Waals surface area contributed by atoms with E-state index in [9.17, 15) is 9.00 Å². The van der Waals surface area contributed by atoms with Gasteiger partial charge >= 0.3 is 6.09 Å². The largest absolute Gasteiger partial charge is 0.497 e. The van der Waals surface area contributed by atoms with Gasteiger partial charge in [0.05, 0.1) is 30.1 Å². The van der Waals surface area contributed by atoms with E-state index in [-0.39, 0.29) is 18.7 Å². The lowest BCUT2D eigenvalue weighted by atomic mass is 10.2. The number of rotatable bonds is 6. The highest BCUT2D eigenvalue weighted by molar-refractivity contribution is 7.91. The number of nitrogens with two attached hydrogens (primary N) is 1. The van der Waals surface area contributed by atoms with Crippen LogP contribution in [-0.2, 0) is 14.7 Å². The Morgan fingerprint density at radius 1 is 1.17 bits per heavy atom. The van der Waals surface area contributed by atoms with Crippen LogP contribution in [-0.4, -0.2) is 52.0 Å². The highest BCUT2D eigenvalue weighted by atomic mass is 32.2. The summed E-state index contributed by atoms with van der Waals surface area (Å²) in [6, 6.07) is 13.9. The molecule has 10 heteroatoms. The smallest absolute Gasteiger partial charge is 0.410 e. The quantitative estimate of drug-likeness (QED) is 0.489. The van der Waals surface area contributed by atoms with Gasteiger partial charge in [-0.3, -0.25) is 4.98 Å². The van der Waals surface area contributed by atoms with Gasteiger partial charge < -0.3 is 19.1 Å².